The Hall–Kier alpha value is -0.510. The molecule has 0 saturated heterocycles. The Balaban J connectivity index is 2.86. The zero-order valence-corrected chi connectivity index (χ0v) is 7.96. The Morgan fingerprint density at radius 1 is 1.36 bits per heavy atom. The van der Waals surface area contributed by atoms with Crippen LogP contribution in [0, 0.1) is 10.5 Å². The summed E-state index contributed by atoms with van der Waals surface area (Å²) in [5.41, 5.74) is 1.87. The molecule has 1 heterocycles. The standard InChI is InChI=1S/C9H6IO/c1-6-5-11-9-4-7(10)2-3-8(6)9/h2-5H,1H2. The maximum absolute atomic E-state index is 5.26. The first-order chi connectivity index (χ1) is 5.27. The minimum Gasteiger partial charge on any atom is -0.464 e. The van der Waals surface area contributed by atoms with Crippen LogP contribution in [0.4, 0.5) is 0 Å². The number of benzene rings is 1. The van der Waals surface area contributed by atoms with E-state index in [-0.39, 0.29) is 0 Å². The van der Waals surface area contributed by atoms with Gasteiger partial charge in [0.05, 0.1) is 6.26 Å². The van der Waals surface area contributed by atoms with E-state index < -0.39 is 0 Å². The largest absolute Gasteiger partial charge is 0.464 e. The second kappa shape index (κ2) is 2.52. The summed E-state index contributed by atoms with van der Waals surface area (Å²) >= 11 is 2.26. The van der Waals surface area contributed by atoms with Gasteiger partial charge in [-0.1, -0.05) is 0 Å². The van der Waals surface area contributed by atoms with Gasteiger partial charge in [0.25, 0.3) is 0 Å². The number of fused-ring (bicyclic) bond motifs is 1. The smallest absolute Gasteiger partial charge is 0.135 e. The molecule has 1 radical (unpaired) electrons. The van der Waals surface area contributed by atoms with Crippen molar-refractivity contribution in [3.63, 3.8) is 0 Å². The average Bonchev–Trinajstić information content (AvgIpc) is 2.32. The number of hydrogen-bond donors (Lipinski definition) is 0. The molecule has 0 bridgehead atoms. The third-order valence-electron chi connectivity index (χ3n) is 1.62. The Bertz CT molecular complexity index is 389. The molecule has 0 fully saturated rings. The van der Waals surface area contributed by atoms with Gasteiger partial charge in [0, 0.05) is 8.96 Å². The van der Waals surface area contributed by atoms with Gasteiger partial charge in [-0.2, -0.15) is 0 Å². The molecule has 0 aliphatic rings. The van der Waals surface area contributed by atoms with E-state index in [0.29, 0.717) is 0 Å². The second-order valence-corrected chi connectivity index (χ2v) is 3.65. The Kier molecular flexibility index (Phi) is 1.64. The van der Waals surface area contributed by atoms with Crippen molar-refractivity contribution in [1.82, 2.24) is 0 Å². The van der Waals surface area contributed by atoms with Gasteiger partial charge in [-0.15, -0.1) is 0 Å². The molecule has 0 aliphatic carbocycles. The predicted molar refractivity (Wildman–Crippen MR) is 53.4 cm³/mol. The maximum atomic E-state index is 5.26. The average molecular weight is 257 g/mol. The predicted octanol–water partition coefficient (Wildman–Crippen LogP) is 3.22. The normalized spacial score (nSPS) is 10.7. The summed E-state index contributed by atoms with van der Waals surface area (Å²) in [7, 11) is 0. The van der Waals surface area contributed by atoms with Crippen molar-refractivity contribution in [3.05, 3.63) is 40.5 Å². The van der Waals surface area contributed by atoms with Crippen LogP contribution in [-0.4, -0.2) is 0 Å². The van der Waals surface area contributed by atoms with Crippen molar-refractivity contribution in [3.8, 4) is 0 Å². The van der Waals surface area contributed by atoms with Gasteiger partial charge in [-0.25, -0.2) is 0 Å². The first-order valence-corrected chi connectivity index (χ1v) is 4.34. The zero-order valence-electron chi connectivity index (χ0n) is 5.80. The van der Waals surface area contributed by atoms with Crippen LogP contribution < -0.4 is 0 Å². The fraction of sp³-hybridized carbons (Fsp3) is 0. The second-order valence-electron chi connectivity index (χ2n) is 2.40. The molecular weight excluding hydrogens is 251 g/mol. The van der Waals surface area contributed by atoms with Crippen LogP contribution in [0.25, 0.3) is 11.0 Å². The van der Waals surface area contributed by atoms with Gasteiger partial charge in [0.15, 0.2) is 0 Å². The zero-order chi connectivity index (χ0) is 7.84. The van der Waals surface area contributed by atoms with Gasteiger partial charge < -0.3 is 4.42 Å². The molecule has 1 aromatic heterocycles. The van der Waals surface area contributed by atoms with Crippen LogP contribution in [0.1, 0.15) is 5.56 Å². The Morgan fingerprint density at radius 2 is 2.18 bits per heavy atom. The first-order valence-electron chi connectivity index (χ1n) is 3.26. The Morgan fingerprint density at radius 3 is 3.00 bits per heavy atom. The summed E-state index contributed by atoms with van der Waals surface area (Å²) in [5.74, 6) is 0. The van der Waals surface area contributed by atoms with Crippen molar-refractivity contribution in [2.45, 2.75) is 0 Å². The summed E-state index contributed by atoms with van der Waals surface area (Å²) < 4.78 is 6.45. The molecule has 0 aliphatic heterocycles. The molecule has 0 saturated carbocycles. The van der Waals surface area contributed by atoms with Crippen LogP contribution in [0.5, 0.6) is 0 Å². The highest BCUT2D eigenvalue weighted by molar-refractivity contribution is 14.1. The lowest BCUT2D eigenvalue weighted by molar-refractivity contribution is 0.614. The molecule has 2 rings (SSSR count). The molecular formula is C9H6IO. The molecule has 0 N–H and O–H groups in total. The van der Waals surface area contributed by atoms with Crippen molar-refractivity contribution >= 4 is 33.6 Å². The third kappa shape index (κ3) is 1.15. The lowest BCUT2D eigenvalue weighted by Gasteiger charge is -1.89. The third-order valence-corrected chi connectivity index (χ3v) is 2.29. The molecule has 0 atom stereocenters. The number of furan rings is 1. The van der Waals surface area contributed by atoms with Crippen LogP contribution in [0.3, 0.4) is 0 Å². The molecule has 1 aromatic carbocycles. The lowest BCUT2D eigenvalue weighted by atomic mass is 10.2. The highest BCUT2D eigenvalue weighted by Gasteiger charge is 2.00. The van der Waals surface area contributed by atoms with Crippen LogP contribution in [0.2, 0.25) is 0 Å². The van der Waals surface area contributed by atoms with E-state index in [4.69, 9.17) is 4.42 Å². The summed E-state index contributed by atoms with van der Waals surface area (Å²) in [6.07, 6.45) is 1.68. The van der Waals surface area contributed by atoms with E-state index in [1.807, 2.05) is 18.2 Å². The topological polar surface area (TPSA) is 13.1 Å². The van der Waals surface area contributed by atoms with E-state index in [1.165, 1.54) is 3.57 Å². The van der Waals surface area contributed by atoms with Crippen LogP contribution >= 0.6 is 22.6 Å². The van der Waals surface area contributed by atoms with Gasteiger partial charge >= 0.3 is 0 Å². The SMILES string of the molecule is [CH2]c1coc2cc(I)ccc12. The monoisotopic (exact) mass is 257 g/mol. The van der Waals surface area contributed by atoms with Crippen LogP contribution in [-0.2, 0) is 0 Å². The molecule has 0 spiro atoms. The van der Waals surface area contributed by atoms with Crippen molar-refractivity contribution in [1.29, 1.82) is 0 Å². The molecule has 55 valence electrons. The number of halogens is 1. The molecule has 1 nitrogen and oxygen atoms in total. The molecule has 0 unspecified atom stereocenters. The number of hydrogen-bond acceptors (Lipinski definition) is 1. The molecule has 11 heavy (non-hydrogen) atoms. The minimum atomic E-state index is 0.918. The van der Waals surface area contributed by atoms with Gasteiger partial charge in [0.1, 0.15) is 5.58 Å². The highest BCUT2D eigenvalue weighted by atomic mass is 127. The summed E-state index contributed by atoms with van der Waals surface area (Å²) in [5, 5.41) is 1.10. The van der Waals surface area contributed by atoms with Gasteiger partial charge in [-0.05, 0) is 53.3 Å². The highest BCUT2D eigenvalue weighted by Crippen LogP contribution is 2.21. The van der Waals surface area contributed by atoms with E-state index in [1.54, 1.807) is 6.26 Å². The molecule has 2 aromatic rings. The van der Waals surface area contributed by atoms with Crippen LogP contribution in [0.15, 0.2) is 28.9 Å². The summed E-state index contributed by atoms with van der Waals surface area (Å²) in [6.45, 7) is 3.84. The first kappa shape index (κ1) is 7.16. The van der Waals surface area contributed by atoms with E-state index >= 15 is 0 Å². The fourth-order valence-corrected chi connectivity index (χ4v) is 1.52. The lowest BCUT2D eigenvalue weighted by Crippen LogP contribution is -1.69. The van der Waals surface area contributed by atoms with Gasteiger partial charge in [-0.3, -0.25) is 0 Å². The Labute approximate surface area is 78.5 Å². The van der Waals surface area contributed by atoms with Crippen molar-refractivity contribution in [2.75, 3.05) is 0 Å². The van der Waals surface area contributed by atoms with Crippen molar-refractivity contribution < 1.29 is 4.42 Å². The quantitative estimate of drug-likeness (QED) is 0.660. The molecule has 2 heteroatoms. The number of rotatable bonds is 0. The maximum Gasteiger partial charge on any atom is 0.135 e. The summed E-state index contributed by atoms with van der Waals surface area (Å²) in [4.78, 5) is 0. The van der Waals surface area contributed by atoms with Gasteiger partial charge in [0.2, 0.25) is 0 Å². The van der Waals surface area contributed by atoms with E-state index in [9.17, 15) is 0 Å². The summed E-state index contributed by atoms with van der Waals surface area (Å²) in [6, 6.07) is 6.08. The molecule has 0 amide bonds. The minimum absolute atomic E-state index is 0.918. The van der Waals surface area contributed by atoms with Crippen molar-refractivity contribution in [2.24, 2.45) is 0 Å². The fourth-order valence-electron chi connectivity index (χ4n) is 1.06. The van der Waals surface area contributed by atoms with E-state index in [0.717, 1.165) is 16.5 Å². The van der Waals surface area contributed by atoms with E-state index in [2.05, 4.69) is 29.5 Å².